The van der Waals surface area contributed by atoms with Crippen molar-refractivity contribution in [1.29, 1.82) is 0 Å². The first kappa shape index (κ1) is 8.74. The fraction of sp³-hybridized carbons (Fsp3) is 0.857. The van der Waals surface area contributed by atoms with Gasteiger partial charge in [0.15, 0.2) is 6.10 Å². The zero-order valence-electron chi connectivity index (χ0n) is 6.80. The van der Waals surface area contributed by atoms with Crippen molar-refractivity contribution in [2.24, 2.45) is 0 Å². The maximum absolute atomic E-state index is 10.7. The highest BCUT2D eigenvalue weighted by Gasteiger charge is 2.66. The molecule has 1 aliphatic heterocycles. The van der Waals surface area contributed by atoms with Gasteiger partial charge in [-0.05, 0) is 0 Å². The molecule has 0 radical (unpaired) electrons. The summed E-state index contributed by atoms with van der Waals surface area (Å²) in [4.78, 5) is 10.7. The van der Waals surface area contributed by atoms with Gasteiger partial charge in [0.25, 0.3) is 0 Å². The number of fused-ring (bicyclic) bond motifs is 1. The Kier molecular flexibility index (Phi) is 1.90. The molecule has 0 aromatic heterocycles. The molecule has 0 bridgehead atoms. The molecule has 0 aromatic carbocycles. The minimum atomic E-state index is -1.08. The van der Waals surface area contributed by atoms with E-state index in [0.29, 0.717) is 6.42 Å². The summed E-state index contributed by atoms with van der Waals surface area (Å²) >= 11 is 0. The summed E-state index contributed by atoms with van der Waals surface area (Å²) in [5.74, 6) is 0. The minimum Gasteiger partial charge on any atom is -0.426 e. The highest BCUT2D eigenvalue weighted by molar-refractivity contribution is 5.64. The summed E-state index contributed by atoms with van der Waals surface area (Å²) in [7, 11) is 0. The van der Waals surface area contributed by atoms with Crippen LogP contribution in [-0.4, -0.2) is 47.6 Å². The van der Waals surface area contributed by atoms with Gasteiger partial charge in [0.05, 0.1) is 6.61 Å². The number of rotatable bonds is 3. The van der Waals surface area contributed by atoms with Gasteiger partial charge in [0.1, 0.15) is 12.9 Å². The van der Waals surface area contributed by atoms with E-state index in [-0.39, 0.29) is 6.61 Å². The van der Waals surface area contributed by atoms with E-state index < -0.39 is 30.8 Å². The lowest BCUT2D eigenvalue weighted by molar-refractivity contribution is -0.221. The summed E-state index contributed by atoms with van der Waals surface area (Å²) in [6.07, 6.45) is -1.25. The van der Waals surface area contributed by atoms with Gasteiger partial charge in [0.2, 0.25) is 5.60 Å². The average molecular weight is 190 g/mol. The monoisotopic (exact) mass is 190 g/mol. The van der Waals surface area contributed by atoms with Crippen molar-refractivity contribution in [2.75, 3.05) is 13.4 Å². The SMILES string of the molecule is O=C1OC2CC(OCO)C2(CO)O1. The Morgan fingerprint density at radius 2 is 2.38 bits per heavy atom. The molecule has 1 heterocycles. The van der Waals surface area contributed by atoms with Crippen molar-refractivity contribution in [1.82, 2.24) is 0 Å². The van der Waals surface area contributed by atoms with Gasteiger partial charge in [-0.2, -0.15) is 0 Å². The lowest BCUT2D eigenvalue weighted by atomic mass is 9.74. The van der Waals surface area contributed by atoms with Crippen LogP contribution in [0.2, 0.25) is 0 Å². The Morgan fingerprint density at radius 3 is 2.92 bits per heavy atom. The van der Waals surface area contributed by atoms with Crippen LogP contribution in [0, 0.1) is 0 Å². The molecule has 1 saturated carbocycles. The molecule has 74 valence electrons. The first-order chi connectivity index (χ1) is 6.23. The zero-order chi connectivity index (χ0) is 9.47. The molecule has 2 N–H and O–H groups in total. The largest absolute Gasteiger partial charge is 0.509 e. The van der Waals surface area contributed by atoms with Crippen LogP contribution in [0.25, 0.3) is 0 Å². The highest BCUT2D eigenvalue weighted by atomic mass is 16.8. The zero-order valence-corrected chi connectivity index (χ0v) is 6.80. The van der Waals surface area contributed by atoms with E-state index in [1.54, 1.807) is 0 Å². The van der Waals surface area contributed by atoms with Crippen molar-refractivity contribution in [3.63, 3.8) is 0 Å². The van der Waals surface area contributed by atoms with Gasteiger partial charge in [-0.15, -0.1) is 0 Å². The normalized spacial score (nSPS) is 41.8. The first-order valence-corrected chi connectivity index (χ1v) is 3.96. The highest BCUT2D eigenvalue weighted by Crippen LogP contribution is 2.45. The predicted octanol–water partition coefficient (Wildman–Crippen LogP) is -1.01. The number of carbonyl (C=O) groups is 1. The molecular formula is C7H10O6. The number of hydrogen-bond acceptors (Lipinski definition) is 6. The second-order valence-corrected chi connectivity index (χ2v) is 3.09. The second-order valence-electron chi connectivity index (χ2n) is 3.09. The van der Waals surface area contributed by atoms with Crippen molar-refractivity contribution in [3.8, 4) is 0 Å². The molecule has 0 amide bonds. The second kappa shape index (κ2) is 2.83. The van der Waals surface area contributed by atoms with Crippen LogP contribution in [0.3, 0.4) is 0 Å². The van der Waals surface area contributed by atoms with Crippen LogP contribution in [0.4, 0.5) is 4.79 Å². The predicted molar refractivity (Wildman–Crippen MR) is 37.7 cm³/mol. The molecule has 6 nitrogen and oxygen atoms in total. The molecule has 6 heteroatoms. The van der Waals surface area contributed by atoms with Gasteiger partial charge in [-0.1, -0.05) is 0 Å². The standard InChI is InChI=1S/C7H10O6/c8-2-7-4(11-3-9)1-5(7)12-6(10)13-7/h4-5,8-9H,1-3H2. The Bertz CT molecular complexity index is 229. The fourth-order valence-electron chi connectivity index (χ4n) is 1.75. The maximum atomic E-state index is 10.7. The van der Waals surface area contributed by atoms with Gasteiger partial charge in [-0.3, -0.25) is 0 Å². The van der Waals surface area contributed by atoms with E-state index in [2.05, 4.69) is 0 Å². The lowest BCUT2D eigenvalue weighted by Gasteiger charge is -2.44. The topological polar surface area (TPSA) is 85.2 Å². The van der Waals surface area contributed by atoms with Crippen LogP contribution < -0.4 is 0 Å². The van der Waals surface area contributed by atoms with Crippen LogP contribution >= 0.6 is 0 Å². The molecule has 2 aliphatic rings. The third-order valence-electron chi connectivity index (χ3n) is 2.55. The fourth-order valence-corrected chi connectivity index (χ4v) is 1.75. The van der Waals surface area contributed by atoms with E-state index in [9.17, 15) is 4.79 Å². The Labute approximate surface area is 74.0 Å². The molecule has 3 atom stereocenters. The van der Waals surface area contributed by atoms with Crippen molar-refractivity contribution < 1.29 is 29.2 Å². The molecule has 1 aliphatic carbocycles. The van der Waals surface area contributed by atoms with E-state index in [1.165, 1.54) is 0 Å². The lowest BCUT2D eigenvalue weighted by Crippen LogP contribution is -2.64. The van der Waals surface area contributed by atoms with Crippen molar-refractivity contribution in [3.05, 3.63) is 0 Å². The molecule has 0 aromatic rings. The summed E-state index contributed by atoms with van der Waals surface area (Å²) in [6.45, 7) is -0.815. The summed E-state index contributed by atoms with van der Waals surface area (Å²) in [5.41, 5.74) is -1.08. The molecule has 3 unspecified atom stereocenters. The first-order valence-electron chi connectivity index (χ1n) is 3.96. The van der Waals surface area contributed by atoms with Crippen LogP contribution in [-0.2, 0) is 14.2 Å². The number of aliphatic hydroxyl groups is 2. The summed E-state index contributed by atoms with van der Waals surface area (Å²) in [6, 6.07) is 0. The van der Waals surface area contributed by atoms with Crippen molar-refractivity contribution >= 4 is 6.16 Å². The average Bonchev–Trinajstić information content (AvgIpc) is 2.36. The number of hydrogen-bond donors (Lipinski definition) is 2. The Morgan fingerprint density at radius 1 is 1.62 bits per heavy atom. The molecule has 2 fully saturated rings. The minimum absolute atomic E-state index is 0.353. The Balaban J connectivity index is 2.09. The molecule has 1 saturated heterocycles. The molecular weight excluding hydrogens is 180 g/mol. The Hall–Kier alpha value is -0.850. The van der Waals surface area contributed by atoms with E-state index >= 15 is 0 Å². The molecule has 2 rings (SSSR count). The third-order valence-corrected chi connectivity index (χ3v) is 2.55. The van der Waals surface area contributed by atoms with Gasteiger partial charge >= 0.3 is 6.16 Å². The summed E-state index contributed by atoms with van der Waals surface area (Å²) in [5, 5.41) is 17.6. The van der Waals surface area contributed by atoms with Crippen LogP contribution in [0.5, 0.6) is 0 Å². The van der Waals surface area contributed by atoms with Gasteiger partial charge in [0, 0.05) is 6.42 Å². The molecule has 13 heavy (non-hydrogen) atoms. The van der Waals surface area contributed by atoms with E-state index in [0.717, 1.165) is 0 Å². The van der Waals surface area contributed by atoms with E-state index in [4.69, 9.17) is 24.4 Å². The number of aliphatic hydroxyl groups excluding tert-OH is 2. The van der Waals surface area contributed by atoms with Crippen LogP contribution in [0.15, 0.2) is 0 Å². The third kappa shape index (κ3) is 1.03. The van der Waals surface area contributed by atoms with Crippen LogP contribution in [0.1, 0.15) is 6.42 Å². The smallest absolute Gasteiger partial charge is 0.426 e. The maximum Gasteiger partial charge on any atom is 0.509 e. The molecule has 0 spiro atoms. The number of ether oxygens (including phenoxy) is 3. The quantitative estimate of drug-likeness (QED) is 0.438. The van der Waals surface area contributed by atoms with Crippen molar-refractivity contribution in [2.45, 2.75) is 24.2 Å². The van der Waals surface area contributed by atoms with Gasteiger partial charge in [-0.25, -0.2) is 4.79 Å². The summed E-state index contributed by atoms with van der Waals surface area (Å²) < 4.78 is 14.4. The number of carbonyl (C=O) groups excluding carboxylic acids is 1. The van der Waals surface area contributed by atoms with E-state index in [1.807, 2.05) is 0 Å². The van der Waals surface area contributed by atoms with Gasteiger partial charge < -0.3 is 24.4 Å².